The van der Waals surface area contributed by atoms with Crippen molar-refractivity contribution in [1.29, 1.82) is 0 Å². The molecule has 2 heterocycles. The number of amides is 1. The number of furan rings is 1. The highest BCUT2D eigenvalue weighted by Crippen LogP contribution is 2.41. The smallest absolute Gasteiger partial charge is 0.258 e. The molecule has 1 saturated heterocycles. The molecule has 0 aliphatic carbocycles. The number of ether oxygens (including phenoxy) is 1. The van der Waals surface area contributed by atoms with Crippen LogP contribution in [-0.4, -0.2) is 24.1 Å². The van der Waals surface area contributed by atoms with E-state index in [1.165, 1.54) is 24.1 Å². The van der Waals surface area contributed by atoms with Crippen molar-refractivity contribution in [1.82, 2.24) is 4.90 Å². The number of benzene rings is 3. The fourth-order valence-corrected chi connectivity index (χ4v) is 4.31. The molecule has 2 atom stereocenters. The van der Waals surface area contributed by atoms with Crippen LogP contribution >= 0.6 is 0 Å². The maximum atomic E-state index is 14.6. The van der Waals surface area contributed by atoms with Gasteiger partial charge in [0.15, 0.2) is 6.17 Å². The molecule has 30 heavy (non-hydrogen) atoms. The molecule has 1 fully saturated rings. The van der Waals surface area contributed by atoms with Crippen LogP contribution in [0.15, 0.2) is 65.1 Å². The van der Waals surface area contributed by atoms with E-state index in [4.69, 9.17) is 9.15 Å². The van der Waals surface area contributed by atoms with Gasteiger partial charge in [0, 0.05) is 23.7 Å². The maximum Gasteiger partial charge on any atom is 0.258 e. The fraction of sp³-hybridized carbons (Fsp3) is 0.208. The Labute approximate surface area is 171 Å². The van der Waals surface area contributed by atoms with Crippen LogP contribution in [0.1, 0.15) is 23.6 Å². The molecular formula is C24H19F2NO3. The molecule has 4 nitrogen and oxygen atoms in total. The highest BCUT2D eigenvalue weighted by Gasteiger charge is 2.42. The molecule has 3 aromatic carbocycles. The number of carbonyl (C=O) groups is 1. The number of rotatable bonds is 4. The number of alkyl halides is 1. The van der Waals surface area contributed by atoms with E-state index < -0.39 is 23.9 Å². The normalized spacial score (nSPS) is 19.2. The molecule has 0 N–H and O–H groups in total. The van der Waals surface area contributed by atoms with Gasteiger partial charge in [-0.15, -0.1) is 0 Å². The van der Waals surface area contributed by atoms with Gasteiger partial charge in [0.1, 0.15) is 22.7 Å². The standard InChI is InChI=1S/C24H19F2NO3/c1-29-22-8-4-6-17(25)23(22)19-12-18(26)24(28)27(19)13-14-9-10-21-16(11-14)15-5-2-3-7-20(15)30-21/h2-11,18-19H,12-13H2,1H3/t18-,19-/m0/s1. The molecular weight excluding hydrogens is 388 g/mol. The molecule has 0 bridgehead atoms. The monoisotopic (exact) mass is 407 g/mol. The maximum absolute atomic E-state index is 14.6. The Morgan fingerprint density at radius 3 is 2.70 bits per heavy atom. The zero-order chi connectivity index (χ0) is 20.8. The molecule has 0 unspecified atom stereocenters. The van der Waals surface area contributed by atoms with Gasteiger partial charge in [-0.3, -0.25) is 4.79 Å². The van der Waals surface area contributed by atoms with Gasteiger partial charge in [0.25, 0.3) is 5.91 Å². The number of methoxy groups -OCH3 is 1. The molecule has 1 aromatic heterocycles. The number of halogens is 2. The van der Waals surface area contributed by atoms with Crippen molar-refractivity contribution in [3.8, 4) is 5.75 Å². The van der Waals surface area contributed by atoms with Gasteiger partial charge in [-0.2, -0.15) is 0 Å². The first kappa shape index (κ1) is 18.6. The average Bonchev–Trinajstić information content (AvgIpc) is 3.26. The Morgan fingerprint density at radius 1 is 1.07 bits per heavy atom. The summed E-state index contributed by atoms with van der Waals surface area (Å²) in [5, 5.41) is 1.89. The van der Waals surface area contributed by atoms with Crippen molar-refractivity contribution in [2.45, 2.75) is 25.2 Å². The summed E-state index contributed by atoms with van der Waals surface area (Å²) in [4.78, 5) is 14.0. The zero-order valence-corrected chi connectivity index (χ0v) is 16.3. The van der Waals surface area contributed by atoms with E-state index in [2.05, 4.69) is 0 Å². The van der Waals surface area contributed by atoms with E-state index in [0.717, 1.165) is 27.5 Å². The first-order chi connectivity index (χ1) is 14.6. The number of para-hydroxylation sites is 1. The van der Waals surface area contributed by atoms with Crippen LogP contribution in [0.3, 0.4) is 0 Å². The summed E-state index contributed by atoms with van der Waals surface area (Å²) >= 11 is 0. The van der Waals surface area contributed by atoms with Gasteiger partial charge in [0.2, 0.25) is 0 Å². The van der Waals surface area contributed by atoms with E-state index in [1.54, 1.807) is 6.07 Å². The lowest BCUT2D eigenvalue weighted by molar-refractivity contribution is -0.133. The summed E-state index contributed by atoms with van der Waals surface area (Å²) < 4.78 is 40.2. The van der Waals surface area contributed by atoms with E-state index in [9.17, 15) is 13.6 Å². The minimum atomic E-state index is -1.67. The van der Waals surface area contributed by atoms with E-state index in [1.807, 2.05) is 42.5 Å². The number of likely N-dealkylation sites (tertiary alicyclic amines) is 1. The molecule has 1 aliphatic heterocycles. The molecule has 0 spiro atoms. The summed E-state index contributed by atoms with van der Waals surface area (Å²) in [7, 11) is 1.43. The van der Waals surface area contributed by atoms with Gasteiger partial charge in [0.05, 0.1) is 18.7 Å². The molecule has 6 heteroatoms. The van der Waals surface area contributed by atoms with Crippen LogP contribution in [0.5, 0.6) is 5.75 Å². The minimum absolute atomic E-state index is 0.104. The third-order valence-electron chi connectivity index (χ3n) is 5.72. The minimum Gasteiger partial charge on any atom is -0.496 e. The fourth-order valence-electron chi connectivity index (χ4n) is 4.31. The lowest BCUT2D eigenvalue weighted by Crippen LogP contribution is -2.30. The van der Waals surface area contributed by atoms with Crippen molar-refractivity contribution in [2.75, 3.05) is 7.11 Å². The SMILES string of the molecule is COc1cccc(F)c1[C@@H]1C[C@H](F)C(=O)N1Cc1ccc2oc3ccccc3c2c1. The predicted molar refractivity (Wildman–Crippen MR) is 109 cm³/mol. The molecule has 4 aromatic rings. The number of hydrogen-bond donors (Lipinski definition) is 0. The largest absolute Gasteiger partial charge is 0.496 e. The van der Waals surface area contributed by atoms with Crippen LogP contribution in [0.4, 0.5) is 8.78 Å². The first-order valence-electron chi connectivity index (χ1n) is 9.74. The number of nitrogens with zero attached hydrogens (tertiary/aromatic N) is 1. The Kier molecular flexibility index (Phi) is 4.42. The van der Waals surface area contributed by atoms with Crippen molar-refractivity contribution in [3.05, 3.63) is 77.6 Å². The van der Waals surface area contributed by atoms with Crippen molar-refractivity contribution in [2.24, 2.45) is 0 Å². The van der Waals surface area contributed by atoms with Crippen molar-refractivity contribution in [3.63, 3.8) is 0 Å². The van der Waals surface area contributed by atoms with Gasteiger partial charge in [-0.05, 0) is 35.9 Å². The lowest BCUT2D eigenvalue weighted by Gasteiger charge is -2.26. The second kappa shape index (κ2) is 7.13. The van der Waals surface area contributed by atoms with Gasteiger partial charge in [-0.1, -0.05) is 30.3 Å². The van der Waals surface area contributed by atoms with Crippen molar-refractivity contribution < 1.29 is 22.7 Å². The zero-order valence-electron chi connectivity index (χ0n) is 16.3. The van der Waals surface area contributed by atoms with Gasteiger partial charge in [-0.25, -0.2) is 8.78 Å². The summed E-state index contributed by atoms with van der Waals surface area (Å²) in [5.74, 6) is -0.840. The van der Waals surface area contributed by atoms with E-state index in [-0.39, 0.29) is 18.5 Å². The molecule has 0 saturated carbocycles. The van der Waals surface area contributed by atoms with E-state index >= 15 is 0 Å². The molecule has 152 valence electrons. The third kappa shape index (κ3) is 2.91. The Hall–Kier alpha value is -3.41. The van der Waals surface area contributed by atoms with Crippen molar-refractivity contribution >= 4 is 27.8 Å². The van der Waals surface area contributed by atoms with Crippen LogP contribution in [0, 0.1) is 5.82 Å². The second-order valence-electron chi connectivity index (χ2n) is 7.47. The summed E-state index contributed by atoms with van der Waals surface area (Å²) in [6.07, 6.45) is -1.77. The summed E-state index contributed by atoms with van der Waals surface area (Å²) in [6, 6.07) is 17.1. The van der Waals surface area contributed by atoms with Crippen LogP contribution in [-0.2, 0) is 11.3 Å². The second-order valence-corrected chi connectivity index (χ2v) is 7.47. The summed E-state index contributed by atoms with van der Waals surface area (Å²) in [5.41, 5.74) is 2.54. The van der Waals surface area contributed by atoms with E-state index in [0.29, 0.717) is 5.75 Å². The number of hydrogen-bond acceptors (Lipinski definition) is 3. The molecule has 5 rings (SSSR count). The van der Waals surface area contributed by atoms with Gasteiger partial charge >= 0.3 is 0 Å². The number of fused-ring (bicyclic) bond motifs is 3. The highest BCUT2D eigenvalue weighted by atomic mass is 19.1. The van der Waals surface area contributed by atoms with Crippen LogP contribution < -0.4 is 4.74 Å². The quantitative estimate of drug-likeness (QED) is 0.446. The van der Waals surface area contributed by atoms with Gasteiger partial charge < -0.3 is 14.1 Å². The third-order valence-corrected chi connectivity index (χ3v) is 5.72. The Balaban J connectivity index is 1.55. The average molecular weight is 407 g/mol. The summed E-state index contributed by atoms with van der Waals surface area (Å²) in [6.45, 7) is 0.164. The van der Waals surface area contributed by atoms with Crippen LogP contribution in [0.25, 0.3) is 21.9 Å². The predicted octanol–water partition coefficient (Wildman–Crippen LogP) is 5.55. The molecule has 0 radical (unpaired) electrons. The lowest BCUT2D eigenvalue weighted by atomic mass is 10.0. The highest BCUT2D eigenvalue weighted by molar-refractivity contribution is 6.05. The Bertz CT molecular complexity index is 1270. The first-order valence-corrected chi connectivity index (χ1v) is 9.74. The van der Waals surface area contributed by atoms with Crippen LogP contribution in [0.2, 0.25) is 0 Å². The molecule has 1 aliphatic rings. The Morgan fingerprint density at radius 2 is 1.87 bits per heavy atom. The topological polar surface area (TPSA) is 42.7 Å². The molecule has 1 amide bonds. The number of carbonyl (C=O) groups excluding carboxylic acids is 1.